The molecule has 0 saturated heterocycles. The van der Waals surface area contributed by atoms with Crippen LogP contribution in [0.5, 0.6) is 0 Å². The van der Waals surface area contributed by atoms with Crippen LogP contribution < -0.4 is 5.46 Å². The number of aryl methyl sites for hydroxylation is 4. The summed E-state index contributed by atoms with van der Waals surface area (Å²) in [5, 5.41) is 0. The Labute approximate surface area is 183 Å². The van der Waals surface area contributed by atoms with Crippen molar-refractivity contribution in [2.45, 2.75) is 33.6 Å². The van der Waals surface area contributed by atoms with Gasteiger partial charge in [-0.25, -0.2) is 0 Å². The van der Waals surface area contributed by atoms with Crippen molar-refractivity contribution >= 4 is 24.5 Å². The first kappa shape index (κ1) is 21.6. The maximum atomic E-state index is 4.49. The number of allylic oxidation sites excluding steroid dienone is 4. The molecular weight excluding hydrogens is 359 g/mol. The standard InChI is InChI=1S/C29H31B/c1-6-28(22(4)26-17-20(2)16-21(3)18-26)23(5)29-13-8-7-11-25(29)15-14-24-10-9-12-27(30)19-24/h6-13,16-19H,4-5,14-15,30H2,1-3H3/b28-6-. The lowest BCUT2D eigenvalue weighted by molar-refractivity contribution is 0.957. The highest BCUT2D eigenvalue weighted by Crippen LogP contribution is 2.34. The van der Waals surface area contributed by atoms with Crippen LogP contribution in [0.15, 0.2) is 91.5 Å². The lowest BCUT2D eigenvalue weighted by Gasteiger charge is -2.18. The lowest BCUT2D eigenvalue weighted by Crippen LogP contribution is -2.04. The number of benzene rings is 3. The molecule has 0 heterocycles. The highest BCUT2D eigenvalue weighted by molar-refractivity contribution is 6.32. The molecule has 30 heavy (non-hydrogen) atoms. The number of hydrogen-bond donors (Lipinski definition) is 0. The van der Waals surface area contributed by atoms with Gasteiger partial charge in [0.2, 0.25) is 0 Å². The number of hydrogen-bond acceptors (Lipinski definition) is 0. The predicted octanol–water partition coefficient (Wildman–Crippen LogP) is 6.02. The second kappa shape index (κ2) is 9.63. The third kappa shape index (κ3) is 5.10. The highest BCUT2D eigenvalue weighted by atomic mass is 14.2. The topological polar surface area (TPSA) is 0 Å². The maximum absolute atomic E-state index is 4.49. The van der Waals surface area contributed by atoms with E-state index in [1.807, 2.05) is 0 Å². The SMILES string of the molecule is Bc1cccc(CCc2ccccc2C(=C)/C(=C\C)C(=C)c2cc(C)cc(C)c2)c1. The molecule has 3 rings (SSSR count). The molecule has 0 N–H and O–H groups in total. The highest BCUT2D eigenvalue weighted by Gasteiger charge is 2.14. The van der Waals surface area contributed by atoms with Crippen LogP contribution in [0.2, 0.25) is 0 Å². The Morgan fingerprint density at radius 3 is 2.20 bits per heavy atom. The Balaban J connectivity index is 1.87. The minimum absolute atomic E-state index is 0.992. The average Bonchev–Trinajstić information content (AvgIpc) is 2.72. The molecule has 0 aliphatic rings. The van der Waals surface area contributed by atoms with E-state index in [9.17, 15) is 0 Å². The van der Waals surface area contributed by atoms with Gasteiger partial charge in [-0.3, -0.25) is 0 Å². The molecule has 0 amide bonds. The fourth-order valence-corrected chi connectivity index (χ4v) is 4.16. The minimum atomic E-state index is 0.992. The maximum Gasteiger partial charge on any atom is 0.139 e. The third-order valence-corrected chi connectivity index (χ3v) is 5.62. The van der Waals surface area contributed by atoms with Gasteiger partial charge in [0.1, 0.15) is 7.85 Å². The van der Waals surface area contributed by atoms with Gasteiger partial charge in [0.15, 0.2) is 0 Å². The largest absolute Gasteiger partial charge is 0.139 e. The summed E-state index contributed by atoms with van der Waals surface area (Å²) in [6.07, 6.45) is 4.15. The van der Waals surface area contributed by atoms with Crippen LogP contribution >= 0.6 is 0 Å². The minimum Gasteiger partial charge on any atom is -0.0905 e. The fraction of sp³-hybridized carbons (Fsp3) is 0.172. The first-order chi connectivity index (χ1) is 14.4. The molecule has 0 nitrogen and oxygen atoms in total. The zero-order valence-corrected chi connectivity index (χ0v) is 18.8. The molecule has 0 unspecified atom stereocenters. The quantitative estimate of drug-likeness (QED) is 0.342. The van der Waals surface area contributed by atoms with Crippen molar-refractivity contribution in [2.75, 3.05) is 0 Å². The Morgan fingerprint density at radius 2 is 1.53 bits per heavy atom. The summed E-state index contributed by atoms with van der Waals surface area (Å²) in [5.74, 6) is 0. The van der Waals surface area contributed by atoms with Gasteiger partial charge < -0.3 is 0 Å². The molecule has 0 spiro atoms. The Kier molecular flexibility index (Phi) is 6.95. The Hall–Kier alpha value is -3.06. The second-order valence-corrected chi connectivity index (χ2v) is 8.18. The van der Waals surface area contributed by atoms with Gasteiger partial charge in [-0.05, 0) is 72.6 Å². The molecule has 0 aliphatic carbocycles. The van der Waals surface area contributed by atoms with Gasteiger partial charge in [-0.1, -0.05) is 103 Å². The van der Waals surface area contributed by atoms with E-state index in [1.165, 1.54) is 38.8 Å². The molecule has 1 heteroatoms. The van der Waals surface area contributed by atoms with Gasteiger partial charge in [0, 0.05) is 0 Å². The molecule has 0 bridgehead atoms. The summed E-state index contributed by atoms with van der Waals surface area (Å²) in [6.45, 7) is 15.3. The number of rotatable bonds is 7. The molecule has 0 saturated carbocycles. The molecule has 0 radical (unpaired) electrons. The van der Waals surface area contributed by atoms with Crippen molar-refractivity contribution in [3.63, 3.8) is 0 Å². The summed E-state index contributed by atoms with van der Waals surface area (Å²) in [7, 11) is 2.15. The van der Waals surface area contributed by atoms with Crippen LogP contribution in [0.4, 0.5) is 0 Å². The van der Waals surface area contributed by atoms with Crippen molar-refractivity contribution in [2.24, 2.45) is 0 Å². The molecule has 0 atom stereocenters. The van der Waals surface area contributed by atoms with E-state index < -0.39 is 0 Å². The van der Waals surface area contributed by atoms with E-state index in [0.29, 0.717) is 0 Å². The molecule has 3 aromatic carbocycles. The van der Waals surface area contributed by atoms with Crippen LogP contribution in [0.1, 0.15) is 40.3 Å². The third-order valence-electron chi connectivity index (χ3n) is 5.62. The average molecular weight is 390 g/mol. The van der Waals surface area contributed by atoms with Gasteiger partial charge in [0.25, 0.3) is 0 Å². The second-order valence-electron chi connectivity index (χ2n) is 8.18. The lowest BCUT2D eigenvalue weighted by atomic mass is 9.86. The summed E-state index contributed by atoms with van der Waals surface area (Å²) in [6, 6.07) is 24.0. The van der Waals surface area contributed by atoms with E-state index in [-0.39, 0.29) is 0 Å². The van der Waals surface area contributed by atoms with Gasteiger partial charge in [-0.15, -0.1) is 0 Å². The summed E-state index contributed by atoms with van der Waals surface area (Å²) in [4.78, 5) is 0. The Bertz CT molecular complexity index is 1090. The normalized spacial score (nSPS) is 11.4. The van der Waals surface area contributed by atoms with E-state index in [0.717, 1.165) is 29.6 Å². The van der Waals surface area contributed by atoms with E-state index in [4.69, 9.17) is 0 Å². The molecule has 150 valence electrons. The van der Waals surface area contributed by atoms with Gasteiger partial charge >= 0.3 is 0 Å². The van der Waals surface area contributed by atoms with Crippen LogP contribution in [0.3, 0.4) is 0 Å². The van der Waals surface area contributed by atoms with Crippen LogP contribution in [-0.2, 0) is 12.8 Å². The van der Waals surface area contributed by atoms with Crippen molar-refractivity contribution in [1.82, 2.24) is 0 Å². The summed E-state index contributed by atoms with van der Waals surface area (Å²) >= 11 is 0. The summed E-state index contributed by atoms with van der Waals surface area (Å²) in [5.41, 5.74) is 12.1. The molecular formula is C29H31B. The fourth-order valence-electron chi connectivity index (χ4n) is 4.16. The first-order valence-electron chi connectivity index (χ1n) is 10.7. The molecule has 0 aromatic heterocycles. The van der Waals surface area contributed by atoms with Crippen LogP contribution in [-0.4, -0.2) is 7.85 Å². The van der Waals surface area contributed by atoms with Crippen LogP contribution in [0, 0.1) is 13.8 Å². The predicted molar refractivity (Wildman–Crippen MR) is 136 cm³/mol. The van der Waals surface area contributed by atoms with E-state index in [2.05, 4.69) is 115 Å². The smallest absolute Gasteiger partial charge is 0.0905 e. The molecule has 0 fully saturated rings. The Morgan fingerprint density at radius 1 is 0.833 bits per heavy atom. The van der Waals surface area contributed by atoms with Gasteiger partial charge in [0.05, 0.1) is 0 Å². The van der Waals surface area contributed by atoms with Crippen molar-refractivity contribution in [3.05, 3.63) is 125 Å². The molecule has 3 aromatic rings. The first-order valence-corrected chi connectivity index (χ1v) is 10.7. The zero-order valence-electron chi connectivity index (χ0n) is 18.8. The summed E-state index contributed by atoms with van der Waals surface area (Å²) < 4.78 is 0. The van der Waals surface area contributed by atoms with Gasteiger partial charge in [-0.2, -0.15) is 0 Å². The van der Waals surface area contributed by atoms with Crippen LogP contribution in [0.25, 0.3) is 11.1 Å². The monoisotopic (exact) mass is 390 g/mol. The zero-order chi connectivity index (χ0) is 21.7. The molecule has 0 aliphatic heterocycles. The van der Waals surface area contributed by atoms with E-state index in [1.54, 1.807) is 0 Å². The van der Waals surface area contributed by atoms with Crippen molar-refractivity contribution in [3.8, 4) is 0 Å². The van der Waals surface area contributed by atoms with Crippen molar-refractivity contribution < 1.29 is 0 Å². The van der Waals surface area contributed by atoms with Crippen molar-refractivity contribution in [1.29, 1.82) is 0 Å². The van der Waals surface area contributed by atoms with E-state index >= 15 is 0 Å².